The molecule has 0 saturated heterocycles. The van der Waals surface area contributed by atoms with Crippen LogP contribution in [0.2, 0.25) is 0 Å². The largest absolute Gasteiger partial charge is 0.497 e. The Morgan fingerprint density at radius 3 is 1.82 bits per heavy atom. The summed E-state index contributed by atoms with van der Waals surface area (Å²) in [7, 11) is 3.16. The maximum Gasteiger partial charge on any atom is 0.118 e. The van der Waals surface area contributed by atoms with Gasteiger partial charge in [0, 0.05) is 0 Å². The third kappa shape index (κ3) is 5.70. The number of para-hydroxylation sites is 1. The van der Waals surface area contributed by atoms with E-state index in [4.69, 9.17) is 4.74 Å². The molecule has 2 nitrogen and oxygen atoms in total. The van der Waals surface area contributed by atoms with Crippen molar-refractivity contribution >= 4 is 12.4 Å². The van der Waals surface area contributed by atoms with Crippen LogP contribution in [0.3, 0.4) is 0 Å². The number of methoxy groups -OCH3 is 1. The molecule has 0 bridgehead atoms. The normalized spacial score (nSPS) is 6.82. The first-order chi connectivity index (χ1) is 4.93. The molecule has 0 amide bonds. The number of ether oxygens (including phenoxy) is 1. The summed E-state index contributed by atoms with van der Waals surface area (Å²) in [5.74, 6) is 0.910. The summed E-state index contributed by atoms with van der Waals surface area (Å²) in [5.41, 5.74) is 4.50. The fraction of sp³-hybridized carbons (Fsp3) is 0.250. The van der Waals surface area contributed by atoms with Crippen molar-refractivity contribution in [3.8, 4) is 5.75 Å². The first-order valence-electron chi connectivity index (χ1n) is 3.10. The molecule has 0 aromatic heterocycles. The number of benzene rings is 1. The standard InChI is InChI=1S/C7H8O.CH5N.ClH/c1-8-7-5-3-2-4-6-7;1-2;/h2-6H,1H3;2H2,1H3;1H. The Balaban J connectivity index is 0. The Bertz CT molecular complexity index is 155. The molecule has 1 aromatic rings. The van der Waals surface area contributed by atoms with Crippen LogP contribution in [0, 0.1) is 0 Å². The van der Waals surface area contributed by atoms with Crippen molar-refractivity contribution in [3.63, 3.8) is 0 Å². The lowest BCUT2D eigenvalue weighted by Gasteiger charge is -1.93. The van der Waals surface area contributed by atoms with E-state index in [-0.39, 0.29) is 12.4 Å². The first kappa shape index (κ1) is 12.9. The summed E-state index contributed by atoms with van der Waals surface area (Å²) in [5, 5.41) is 0. The zero-order chi connectivity index (χ0) is 7.82. The molecule has 1 aromatic carbocycles. The predicted molar refractivity (Wildman–Crippen MR) is 50.4 cm³/mol. The lowest BCUT2D eigenvalue weighted by atomic mass is 10.3. The van der Waals surface area contributed by atoms with Gasteiger partial charge >= 0.3 is 0 Å². The lowest BCUT2D eigenvalue weighted by molar-refractivity contribution is 0.415. The number of hydrogen-bond donors (Lipinski definition) is 1. The quantitative estimate of drug-likeness (QED) is 0.705. The van der Waals surface area contributed by atoms with E-state index in [0.29, 0.717) is 0 Å². The molecule has 0 saturated carbocycles. The summed E-state index contributed by atoms with van der Waals surface area (Å²) in [6.07, 6.45) is 0. The Hall–Kier alpha value is -0.730. The molecule has 64 valence electrons. The monoisotopic (exact) mass is 175 g/mol. The third-order valence-corrected chi connectivity index (χ3v) is 0.979. The minimum absolute atomic E-state index is 0. The van der Waals surface area contributed by atoms with Gasteiger partial charge in [0.25, 0.3) is 0 Å². The van der Waals surface area contributed by atoms with E-state index in [9.17, 15) is 0 Å². The smallest absolute Gasteiger partial charge is 0.118 e. The molecule has 0 aliphatic rings. The average molecular weight is 176 g/mol. The summed E-state index contributed by atoms with van der Waals surface area (Å²) < 4.78 is 4.91. The summed E-state index contributed by atoms with van der Waals surface area (Å²) in [6, 6.07) is 9.68. The van der Waals surface area contributed by atoms with Gasteiger partial charge in [-0.1, -0.05) is 18.2 Å². The summed E-state index contributed by atoms with van der Waals surface area (Å²) in [6.45, 7) is 0. The van der Waals surface area contributed by atoms with Gasteiger partial charge in [-0.05, 0) is 19.2 Å². The zero-order valence-electron chi connectivity index (χ0n) is 6.78. The fourth-order valence-corrected chi connectivity index (χ4v) is 0.557. The number of hydrogen-bond acceptors (Lipinski definition) is 2. The number of nitrogens with two attached hydrogens (primary N) is 1. The SMILES string of the molecule is CN.COc1ccccc1.Cl. The van der Waals surface area contributed by atoms with Gasteiger partial charge in [0.05, 0.1) is 7.11 Å². The van der Waals surface area contributed by atoms with Crippen LogP contribution in [-0.2, 0) is 0 Å². The second-order valence-corrected chi connectivity index (χ2v) is 1.52. The molecule has 0 fully saturated rings. The lowest BCUT2D eigenvalue weighted by Crippen LogP contribution is -1.78. The number of halogens is 1. The van der Waals surface area contributed by atoms with Gasteiger partial charge in [0.1, 0.15) is 5.75 Å². The van der Waals surface area contributed by atoms with Crippen molar-refractivity contribution < 1.29 is 4.74 Å². The average Bonchev–Trinajstić information content (AvgIpc) is 2.10. The Morgan fingerprint density at radius 2 is 1.55 bits per heavy atom. The molecule has 1 rings (SSSR count). The van der Waals surface area contributed by atoms with E-state index in [1.165, 1.54) is 7.05 Å². The van der Waals surface area contributed by atoms with Crippen LogP contribution in [0.4, 0.5) is 0 Å². The molecule has 0 atom stereocenters. The second-order valence-electron chi connectivity index (χ2n) is 1.52. The maximum atomic E-state index is 4.91. The molecule has 0 spiro atoms. The minimum atomic E-state index is 0. The van der Waals surface area contributed by atoms with Crippen LogP contribution in [-0.4, -0.2) is 14.2 Å². The van der Waals surface area contributed by atoms with E-state index < -0.39 is 0 Å². The van der Waals surface area contributed by atoms with Crippen LogP contribution < -0.4 is 10.5 Å². The second kappa shape index (κ2) is 9.27. The molecular formula is C8H14ClNO. The van der Waals surface area contributed by atoms with Gasteiger partial charge in [-0.15, -0.1) is 12.4 Å². The van der Waals surface area contributed by atoms with Crippen molar-refractivity contribution in [2.45, 2.75) is 0 Å². The van der Waals surface area contributed by atoms with E-state index >= 15 is 0 Å². The molecule has 3 heteroatoms. The minimum Gasteiger partial charge on any atom is -0.497 e. The molecular weight excluding hydrogens is 162 g/mol. The number of rotatable bonds is 1. The van der Waals surface area contributed by atoms with Crippen molar-refractivity contribution in [1.82, 2.24) is 0 Å². The van der Waals surface area contributed by atoms with E-state index in [0.717, 1.165) is 5.75 Å². The Morgan fingerprint density at radius 1 is 1.09 bits per heavy atom. The van der Waals surface area contributed by atoms with Crippen molar-refractivity contribution in [2.24, 2.45) is 5.73 Å². The molecule has 0 heterocycles. The highest BCUT2D eigenvalue weighted by Crippen LogP contribution is 2.05. The molecule has 0 unspecified atom stereocenters. The van der Waals surface area contributed by atoms with Crippen LogP contribution in [0.15, 0.2) is 30.3 Å². The van der Waals surface area contributed by atoms with Crippen LogP contribution >= 0.6 is 12.4 Å². The molecule has 11 heavy (non-hydrogen) atoms. The Labute approximate surface area is 73.8 Å². The van der Waals surface area contributed by atoms with Crippen LogP contribution in [0.1, 0.15) is 0 Å². The molecule has 2 N–H and O–H groups in total. The first-order valence-corrected chi connectivity index (χ1v) is 3.10. The highest BCUT2D eigenvalue weighted by molar-refractivity contribution is 5.85. The summed E-state index contributed by atoms with van der Waals surface area (Å²) >= 11 is 0. The highest BCUT2D eigenvalue weighted by Gasteiger charge is 1.80. The van der Waals surface area contributed by atoms with E-state index in [1.54, 1.807) is 7.11 Å². The van der Waals surface area contributed by atoms with E-state index in [2.05, 4.69) is 5.73 Å². The zero-order valence-corrected chi connectivity index (χ0v) is 7.60. The van der Waals surface area contributed by atoms with Gasteiger partial charge in [0.2, 0.25) is 0 Å². The van der Waals surface area contributed by atoms with Crippen molar-refractivity contribution in [2.75, 3.05) is 14.2 Å². The molecule has 0 aliphatic heterocycles. The topological polar surface area (TPSA) is 35.2 Å². The highest BCUT2D eigenvalue weighted by atomic mass is 35.5. The molecule has 0 aliphatic carbocycles. The third-order valence-electron chi connectivity index (χ3n) is 0.979. The van der Waals surface area contributed by atoms with Gasteiger partial charge in [-0.3, -0.25) is 0 Å². The van der Waals surface area contributed by atoms with Crippen LogP contribution in [0.5, 0.6) is 5.75 Å². The van der Waals surface area contributed by atoms with Gasteiger partial charge in [-0.25, -0.2) is 0 Å². The van der Waals surface area contributed by atoms with Gasteiger partial charge < -0.3 is 10.5 Å². The van der Waals surface area contributed by atoms with Crippen molar-refractivity contribution in [3.05, 3.63) is 30.3 Å². The van der Waals surface area contributed by atoms with Gasteiger partial charge in [0.15, 0.2) is 0 Å². The predicted octanol–water partition coefficient (Wildman–Crippen LogP) is 1.69. The Kier molecular flexibility index (Phi) is 10.9. The van der Waals surface area contributed by atoms with Gasteiger partial charge in [-0.2, -0.15) is 0 Å². The molecule has 0 radical (unpaired) electrons. The maximum absolute atomic E-state index is 4.91. The fourth-order valence-electron chi connectivity index (χ4n) is 0.557. The van der Waals surface area contributed by atoms with Crippen LogP contribution in [0.25, 0.3) is 0 Å². The summed E-state index contributed by atoms with van der Waals surface area (Å²) in [4.78, 5) is 0. The van der Waals surface area contributed by atoms with E-state index in [1.807, 2.05) is 30.3 Å². The van der Waals surface area contributed by atoms with Crippen molar-refractivity contribution in [1.29, 1.82) is 0 Å².